The van der Waals surface area contributed by atoms with E-state index in [0.29, 0.717) is 13.1 Å². The van der Waals surface area contributed by atoms with Gasteiger partial charge in [-0.1, -0.05) is 19.3 Å². The van der Waals surface area contributed by atoms with Gasteiger partial charge < -0.3 is 5.32 Å². The Morgan fingerprint density at radius 3 is 2.35 bits per heavy atom. The van der Waals surface area contributed by atoms with Crippen LogP contribution in [0.2, 0.25) is 0 Å². The molecule has 0 aromatic rings. The molecule has 0 aromatic carbocycles. The van der Waals surface area contributed by atoms with Gasteiger partial charge >= 0.3 is 6.18 Å². The van der Waals surface area contributed by atoms with Crippen LogP contribution in [0.3, 0.4) is 0 Å². The molecule has 1 aliphatic heterocycles. The van der Waals surface area contributed by atoms with E-state index in [-0.39, 0.29) is 12.6 Å². The number of halogens is 3. The van der Waals surface area contributed by atoms with Crippen molar-refractivity contribution >= 4 is 0 Å². The summed E-state index contributed by atoms with van der Waals surface area (Å²) in [6, 6.07) is -1.14. The van der Waals surface area contributed by atoms with Crippen LogP contribution in [0.4, 0.5) is 13.2 Å². The van der Waals surface area contributed by atoms with Crippen molar-refractivity contribution < 1.29 is 13.2 Å². The minimum absolute atomic E-state index is 0.0556. The molecule has 1 N–H and O–H groups in total. The van der Waals surface area contributed by atoms with Gasteiger partial charge in [0.15, 0.2) is 0 Å². The highest BCUT2D eigenvalue weighted by atomic mass is 19.4. The summed E-state index contributed by atoms with van der Waals surface area (Å²) in [5.74, 6) is 0. The van der Waals surface area contributed by atoms with E-state index in [1.165, 1.54) is 6.42 Å². The highest BCUT2D eigenvalue weighted by Crippen LogP contribution is 2.31. The Morgan fingerprint density at radius 2 is 1.71 bits per heavy atom. The van der Waals surface area contributed by atoms with Crippen molar-refractivity contribution in [2.75, 3.05) is 19.6 Å². The fraction of sp³-hybridized carbons (Fsp3) is 1.00. The maximum absolute atomic E-state index is 13.0. The molecule has 100 valence electrons. The van der Waals surface area contributed by atoms with E-state index in [4.69, 9.17) is 0 Å². The lowest BCUT2D eigenvalue weighted by Crippen LogP contribution is -2.54. The Hall–Kier alpha value is -0.290. The second kappa shape index (κ2) is 5.57. The molecule has 2 rings (SSSR count). The zero-order valence-electron chi connectivity index (χ0n) is 10.1. The van der Waals surface area contributed by atoms with Crippen LogP contribution in [0.15, 0.2) is 0 Å². The molecule has 1 heterocycles. The predicted molar refractivity (Wildman–Crippen MR) is 60.9 cm³/mol. The lowest BCUT2D eigenvalue weighted by atomic mass is 9.93. The van der Waals surface area contributed by atoms with Gasteiger partial charge in [-0.05, 0) is 25.8 Å². The average Bonchev–Trinajstić information content (AvgIpc) is 2.54. The van der Waals surface area contributed by atoms with Gasteiger partial charge in [0.05, 0.1) is 0 Å². The predicted octanol–water partition coefficient (Wildman–Crippen LogP) is 2.55. The second-order valence-electron chi connectivity index (χ2n) is 5.14. The molecule has 1 aliphatic carbocycles. The summed E-state index contributed by atoms with van der Waals surface area (Å²) in [7, 11) is 0. The Morgan fingerprint density at radius 1 is 1.00 bits per heavy atom. The fourth-order valence-electron chi connectivity index (χ4n) is 3.05. The Bertz CT molecular complexity index is 236. The highest BCUT2D eigenvalue weighted by molar-refractivity contribution is 4.89. The number of nitrogens with one attached hydrogen (secondary N) is 1. The molecule has 1 saturated carbocycles. The van der Waals surface area contributed by atoms with Gasteiger partial charge in [0.2, 0.25) is 0 Å². The van der Waals surface area contributed by atoms with Crippen molar-refractivity contribution in [1.29, 1.82) is 0 Å². The lowest BCUT2D eigenvalue weighted by molar-refractivity contribution is -0.188. The molecule has 2 nitrogen and oxygen atoms in total. The first kappa shape index (κ1) is 13.1. The van der Waals surface area contributed by atoms with Crippen LogP contribution in [-0.4, -0.2) is 42.8 Å². The van der Waals surface area contributed by atoms with Crippen molar-refractivity contribution in [1.82, 2.24) is 10.2 Å². The van der Waals surface area contributed by atoms with E-state index in [9.17, 15) is 13.2 Å². The summed E-state index contributed by atoms with van der Waals surface area (Å²) in [5, 5.41) is 2.91. The van der Waals surface area contributed by atoms with Crippen LogP contribution in [0.1, 0.15) is 38.5 Å². The van der Waals surface area contributed by atoms with Crippen molar-refractivity contribution in [3.05, 3.63) is 0 Å². The first-order valence-electron chi connectivity index (χ1n) is 6.62. The first-order chi connectivity index (χ1) is 8.09. The van der Waals surface area contributed by atoms with Gasteiger partial charge in [-0.3, -0.25) is 4.90 Å². The molecule has 0 bridgehead atoms. The third-order valence-corrected chi connectivity index (χ3v) is 3.93. The van der Waals surface area contributed by atoms with Crippen molar-refractivity contribution in [2.24, 2.45) is 0 Å². The monoisotopic (exact) mass is 250 g/mol. The zero-order valence-corrected chi connectivity index (χ0v) is 10.1. The molecule has 0 spiro atoms. The topological polar surface area (TPSA) is 15.3 Å². The van der Waals surface area contributed by atoms with Crippen LogP contribution in [0.25, 0.3) is 0 Å². The Balaban J connectivity index is 2.07. The van der Waals surface area contributed by atoms with Crippen LogP contribution in [0, 0.1) is 0 Å². The standard InChI is InChI=1S/C12H21F3N2/c13-12(14,15)11-9-16-7-4-8-17(11)10-5-2-1-3-6-10/h10-11,16H,1-9H2. The highest BCUT2D eigenvalue weighted by Gasteiger charge is 2.45. The van der Waals surface area contributed by atoms with E-state index in [0.717, 1.165) is 32.1 Å². The van der Waals surface area contributed by atoms with Crippen LogP contribution < -0.4 is 5.32 Å². The molecule has 0 radical (unpaired) electrons. The number of hydrogen-bond donors (Lipinski definition) is 1. The van der Waals surface area contributed by atoms with Gasteiger partial charge in [0.25, 0.3) is 0 Å². The molecule has 5 heteroatoms. The third-order valence-electron chi connectivity index (χ3n) is 3.93. The Labute approximate surface area is 101 Å². The maximum atomic E-state index is 13.0. The molecule has 2 aliphatic rings. The van der Waals surface area contributed by atoms with E-state index >= 15 is 0 Å². The quantitative estimate of drug-likeness (QED) is 0.769. The average molecular weight is 250 g/mol. The van der Waals surface area contributed by atoms with Crippen LogP contribution >= 0.6 is 0 Å². The summed E-state index contributed by atoms with van der Waals surface area (Å²) in [6.07, 6.45) is 1.94. The zero-order chi connectivity index (χ0) is 12.3. The third kappa shape index (κ3) is 3.35. The maximum Gasteiger partial charge on any atom is 0.405 e. The molecule has 1 saturated heterocycles. The van der Waals surface area contributed by atoms with Crippen molar-refractivity contribution in [3.8, 4) is 0 Å². The summed E-state index contributed by atoms with van der Waals surface area (Å²) in [6.45, 7) is 1.34. The molecule has 2 fully saturated rings. The minimum atomic E-state index is -4.10. The van der Waals surface area contributed by atoms with E-state index < -0.39 is 12.2 Å². The normalized spacial score (nSPS) is 30.2. The van der Waals surface area contributed by atoms with Gasteiger partial charge in [0, 0.05) is 19.1 Å². The van der Waals surface area contributed by atoms with Gasteiger partial charge in [-0.2, -0.15) is 13.2 Å². The number of alkyl halides is 3. The molecular weight excluding hydrogens is 229 g/mol. The summed E-state index contributed by atoms with van der Waals surface area (Å²) < 4.78 is 39.1. The first-order valence-corrected chi connectivity index (χ1v) is 6.62. The van der Waals surface area contributed by atoms with Gasteiger partial charge in [0.1, 0.15) is 6.04 Å². The SMILES string of the molecule is FC(F)(F)C1CNCCCN1C1CCCCC1. The summed E-state index contributed by atoms with van der Waals surface area (Å²) in [5.41, 5.74) is 0. The number of rotatable bonds is 1. The minimum Gasteiger partial charge on any atom is -0.315 e. The number of nitrogens with zero attached hydrogens (tertiary/aromatic N) is 1. The van der Waals surface area contributed by atoms with Crippen molar-refractivity contribution in [3.63, 3.8) is 0 Å². The van der Waals surface area contributed by atoms with Gasteiger partial charge in [-0.25, -0.2) is 0 Å². The number of hydrogen-bond acceptors (Lipinski definition) is 2. The van der Waals surface area contributed by atoms with Crippen LogP contribution in [-0.2, 0) is 0 Å². The fourth-order valence-corrected chi connectivity index (χ4v) is 3.05. The van der Waals surface area contributed by atoms with E-state index in [1.807, 2.05) is 0 Å². The molecule has 1 unspecified atom stereocenters. The molecule has 0 amide bonds. The molecule has 0 aromatic heterocycles. The summed E-state index contributed by atoms with van der Waals surface area (Å²) in [4.78, 5) is 1.72. The van der Waals surface area contributed by atoms with E-state index in [2.05, 4.69) is 5.32 Å². The lowest BCUT2D eigenvalue weighted by Gasteiger charge is -2.39. The van der Waals surface area contributed by atoms with Gasteiger partial charge in [-0.15, -0.1) is 0 Å². The second-order valence-corrected chi connectivity index (χ2v) is 5.14. The largest absolute Gasteiger partial charge is 0.405 e. The smallest absolute Gasteiger partial charge is 0.315 e. The summed E-state index contributed by atoms with van der Waals surface area (Å²) >= 11 is 0. The molecular formula is C12H21F3N2. The Kier molecular flexibility index (Phi) is 4.31. The molecule has 17 heavy (non-hydrogen) atoms. The van der Waals surface area contributed by atoms with E-state index in [1.54, 1.807) is 4.90 Å². The molecule has 1 atom stereocenters. The van der Waals surface area contributed by atoms with Crippen LogP contribution in [0.5, 0.6) is 0 Å². The van der Waals surface area contributed by atoms with Crippen molar-refractivity contribution in [2.45, 2.75) is 56.8 Å².